The van der Waals surface area contributed by atoms with Gasteiger partial charge in [0.05, 0.1) is 10.5 Å². The zero-order chi connectivity index (χ0) is 18.7. The maximum absolute atomic E-state index is 12.9. The van der Waals surface area contributed by atoms with E-state index in [1.165, 1.54) is 36.0 Å². The second-order valence-electron chi connectivity index (χ2n) is 5.39. The monoisotopic (exact) mass is 387 g/mol. The standard InChI is InChI=1S/C19H14FNO3S2/c1-2-21-17(22)16(26-19(21)25)11-12-3-9-15(10-4-12)24-18(23)13-5-7-14(20)8-6-13/h3-11H,2H2,1H3/b16-11-. The first-order valence-corrected chi connectivity index (χ1v) is 9.03. The molecule has 3 rings (SSSR count). The van der Waals surface area contributed by atoms with Crippen molar-refractivity contribution < 1.29 is 18.7 Å². The fourth-order valence-electron chi connectivity index (χ4n) is 2.31. The summed E-state index contributed by atoms with van der Waals surface area (Å²) in [5, 5.41) is 0. The largest absolute Gasteiger partial charge is 0.423 e. The van der Waals surface area contributed by atoms with E-state index in [4.69, 9.17) is 17.0 Å². The van der Waals surface area contributed by atoms with E-state index in [2.05, 4.69) is 0 Å². The van der Waals surface area contributed by atoms with Crippen molar-refractivity contribution in [1.82, 2.24) is 4.90 Å². The van der Waals surface area contributed by atoms with Gasteiger partial charge in [0.15, 0.2) is 0 Å². The van der Waals surface area contributed by atoms with Crippen LogP contribution in [0.5, 0.6) is 5.75 Å². The molecule has 1 heterocycles. The highest BCUT2D eigenvalue weighted by Crippen LogP contribution is 2.32. The number of halogens is 1. The Morgan fingerprint density at radius 2 is 1.85 bits per heavy atom. The van der Waals surface area contributed by atoms with Crippen molar-refractivity contribution in [3.8, 4) is 5.75 Å². The van der Waals surface area contributed by atoms with Crippen molar-refractivity contribution in [3.05, 3.63) is 70.4 Å². The second-order valence-corrected chi connectivity index (χ2v) is 7.07. The van der Waals surface area contributed by atoms with Gasteiger partial charge in [-0.3, -0.25) is 9.69 Å². The third kappa shape index (κ3) is 4.00. The van der Waals surface area contributed by atoms with Crippen molar-refractivity contribution in [2.75, 3.05) is 6.54 Å². The second kappa shape index (κ2) is 7.80. The molecule has 1 saturated heterocycles. The van der Waals surface area contributed by atoms with Crippen LogP contribution in [-0.4, -0.2) is 27.6 Å². The van der Waals surface area contributed by atoms with Gasteiger partial charge in [-0.1, -0.05) is 36.1 Å². The van der Waals surface area contributed by atoms with Crippen molar-refractivity contribution in [3.63, 3.8) is 0 Å². The fourth-order valence-corrected chi connectivity index (χ4v) is 3.69. The summed E-state index contributed by atoms with van der Waals surface area (Å²) >= 11 is 6.45. The maximum atomic E-state index is 12.9. The Hall–Kier alpha value is -2.51. The Morgan fingerprint density at radius 3 is 2.42 bits per heavy atom. The molecule has 2 aromatic rings. The molecule has 0 radical (unpaired) electrons. The molecule has 1 aliphatic heterocycles. The Labute approximate surface area is 159 Å². The van der Waals surface area contributed by atoms with Crippen molar-refractivity contribution in [1.29, 1.82) is 0 Å². The van der Waals surface area contributed by atoms with Crippen LogP contribution < -0.4 is 4.74 Å². The van der Waals surface area contributed by atoms with E-state index in [-0.39, 0.29) is 11.5 Å². The maximum Gasteiger partial charge on any atom is 0.343 e. The third-order valence-electron chi connectivity index (χ3n) is 3.66. The Kier molecular flexibility index (Phi) is 5.49. The number of amides is 1. The van der Waals surface area contributed by atoms with E-state index in [0.29, 0.717) is 21.5 Å². The average molecular weight is 387 g/mol. The normalized spacial score (nSPS) is 15.6. The quantitative estimate of drug-likeness (QED) is 0.339. The van der Waals surface area contributed by atoms with Crippen molar-refractivity contribution in [2.24, 2.45) is 0 Å². The third-order valence-corrected chi connectivity index (χ3v) is 5.04. The van der Waals surface area contributed by atoms with E-state index in [9.17, 15) is 14.0 Å². The number of hydrogen-bond acceptors (Lipinski definition) is 5. The van der Waals surface area contributed by atoms with Gasteiger partial charge in [0.1, 0.15) is 15.9 Å². The molecule has 0 unspecified atom stereocenters. The number of nitrogens with zero attached hydrogens (tertiary/aromatic N) is 1. The summed E-state index contributed by atoms with van der Waals surface area (Å²) in [6, 6.07) is 11.9. The number of likely N-dealkylation sites (N-methyl/N-ethyl adjacent to an activating group) is 1. The lowest BCUT2D eigenvalue weighted by Gasteiger charge is -2.09. The van der Waals surface area contributed by atoms with Crippen LogP contribution in [-0.2, 0) is 4.79 Å². The van der Waals surface area contributed by atoms with Gasteiger partial charge in [0, 0.05) is 6.54 Å². The molecule has 0 aliphatic carbocycles. The van der Waals surface area contributed by atoms with E-state index < -0.39 is 11.8 Å². The lowest BCUT2D eigenvalue weighted by molar-refractivity contribution is -0.121. The Morgan fingerprint density at radius 1 is 1.19 bits per heavy atom. The van der Waals surface area contributed by atoms with Crippen LogP contribution in [0.25, 0.3) is 6.08 Å². The molecule has 1 amide bonds. The highest BCUT2D eigenvalue weighted by atomic mass is 32.2. The van der Waals surface area contributed by atoms with Gasteiger partial charge < -0.3 is 4.74 Å². The highest BCUT2D eigenvalue weighted by molar-refractivity contribution is 8.26. The lowest BCUT2D eigenvalue weighted by atomic mass is 10.2. The molecule has 1 fully saturated rings. The molecule has 2 aromatic carbocycles. The smallest absolute Gasteiger partial charge is 0.343 e. The average Bonchev–Trinajstić information content (AvgIpc) is 2.90. The zero-order valence-corrected chi connectivity index (χ0v) is 15.4. The number of rotatable bonds is 4. The number of carbonyl (C=O) groups excluding carboxylic acids is 2. The van der Waals surface area contributed by atoms with Gasteiger partial charge in [0.2, 0.25) is 0 Å². The SMILES string of the molecule is CCN1C(=O)/C(=C/c2ccc(OC(=O)c3ccc(F)cc3)cc2)SC1=S. The number of thiocarbonyl (C=S) groups is 1. The summed E-state index contributed by atoms with van der Waals surface area (Å²) in [4.78, 5) is 26.3. The van der Waals surface area contributed by atoms with Gasteiger partial charge in [-0.25, -0.2) is 9.18 Å². The molecule has 0 atom stereocenters. The predicted octanol–water partition coefficient (Wildman–Crippen LogP) is 4.27. The van der Waals surface area contributed by atoms with Crippen LogP contribution >= 0.6 is 24.0 Å². The minimum absolute atomic E-state index is 0.102. The first kappa shape index (κ1) is 18.3. The van der Waals surface area contributed by atoms with Gasteiger partial charge in [-0.2, -0.15) is 0 Å². The van der Waals surface area contributed by atoms with E-state index in [1.54, 1.807) is 35.2 Å². The lowest BCUT2D eigenvalue weighted by Crippen LogP contribution is -2.27. The minimum atomic E-state index is -0.568. The molecule has 132 valence electrons. The topological polar surface area (TPSA) is 46.6 Å². The van der Waals surface area contributed by atoms with Crippen molar-refractivity contribution >= 4 is 46.3 Å². The molecule has 0 aromatic heterocycles. The molecular formula is C19H14FNO3S2. The number of carbonyl (C=O) groups is 2. The summed E-state index contributed by atoms with van der Waals surface area (Å²) in [5.74, 6) is -0.729. The molecule has 26 heavy (non-hydrogen) atoms. The van der Waals surface area contributed by atoms with Crippen molar-refractivity contribution in [2.45, 2.75) is 6.92 Å². The fraction of sp³-hybridized carbons (Fsp3) is 0.105. The number of thioether (sulfide) groups is 1. The van der Waals surface area contributed by atoms with Crippen LogP contribution in [0.4, 0.5) is 4.39 Å². The van der Waals surface area contributed by atoms with Crippen LogP contribution in [0.2, 0.25) is 0 Å². The van der Waals surface area contributed by atoms with Gasteiger partial charge in [-0.05, 0) is 55.0 Å². The first-order chi connectivity index (χ1) is 12.5. The summed E-state index contributed by atoms with van der Waals surface area (Å²) in [6.45, 7) is 2.41. The molecule has 0 N–H and O–H groups in total. The summed E-state index contributed by atoms with van der Waals surface area (Å²) in [5.41, 5.74) is 1.06. The van der Waals surface area contributed by atoms with Gasteiger partial charge >= 0.3 is 5.97 Å². The number of ether oxygens (including phenoxy) is 1. The highest BCUT2D eigenvalue weighted by Gasteiger charge is 2.30. The molecule has 4 nitrogen and oxygen atoms in total. The van der Waals surface area contributed by atoms with Gasteiger partial charge in [-0.15, -0.1) is 0 Å². The van der Waals surface area contributed by atoms with Crippen LogP contribution in [0, 0.1) is 5.82 Å². The van der Waals surface area contributed by atoms with Gasteiger partial charge in [0.25, 0.3) is 5.91 Å². The predicted molar refractivity (Wildman–Crippen MR) is 103 cm³/mol. The minimum Gasteiger partial charge on any atom is -0.423 e. The number of benzene rings is 2. The van der Waals surface area contributed by atoms with Crippen LogP contribution in [0.3, 0.4) is 0 Å². The van der Waals surface area contributed by atoms with Crippen LogP contribution in [0.1, 0.15) is 22.8 Å². The number of esters is 1. The zero-order valence-electron chi connectivity index (χ0n) is 13.8. The van der Waals surface area contributed by atoms with Crippen LogP contribution in [0.15, 0.2) is 53.4 Å². The van der Waals surface area contributed by atoms with E-state index in [1.807, 2.05) is 6.92 Å². The summed E-state index contributed by atoms with van der Waals surface area (Å²) in [6.07, 6.45) is 1.75. The Balaban J connectivity index is 1.70. The molecule has 0 bridgehead atoms. The molecule has 7 heteroatoms. The summed E-state index contributed by atoms with van der Waals surface area (Å²) in [7, 11) is 0. The number of hydrogen-bond donors (Lipinski definition) is 0. The molecular weight excluding hydrogens is 373 g/mol. The van der Waals surface area contributed by atoms with E-state index in [0.717, 1.165) is 5.56 Å². The molecule has 0 spiro atoms. The molecule has 1 aliphatic rings. The summed E-state index contributed by atoms with van der Waals surface area (Å²) < 4.78 is 18.7. The van der Waals surface area contributed by atoms with E-state index >= 15 is 0 Å². The first-order valence-electron chi connectivity index (χ1n) is 7.81. The molecule has 0 saturated carbocycles. The Bertz CT molecular complexity index is 892.